The zero-order chi connectivity index (χ0) is 7.49. The molecule has 0 atom stereocenters. The van der Waals surface area contributed by atoms with Gasteiger partial charge < -0.3 is 5.48 Å². The second-order valence-corrected chi connectivity index (χ2v) is 1.24. The molecule has 0 heterocycles. The van der Waals surface area contributed by atoms with Gasteiger partial charge in [0, 0.05) is 4.53 Å². The Morgan fingerprint density at radius 2 is 1.73 bits per heavy atom. The molecule has 0 radical (unpaired) electrons. The molecule has 0 aliphatic heterocycles. The van der Waals surface area contributed by atoms with Crippen molar-refractivity contribution in [2.75, 3.05) is 0 Å². The van der Waals surface area contributed by atoms with E-state index >= 15 is 0 Å². The Labute approximate surface area is 81.2 Å². The first kappa shape index (κ1) is 17.3. The summed E-state index contributed by atoms with van der Waals surface area (Å²) in [5.74, 6) is -1.93. The van der Waals surface area contributed by atoms with Crippen molar-refractivity contribution in [2.24, 2.45) is 0 Å². The van der Waals surface area contributed by atoms with E-state index in [1.807, 2.05) is 0 Å². The van der Waals surface area contributed by atoms with Crippen molar-refractivity contribution in [1.82, 2.24) is 0 Å². The molecular formula is C3H3F4NaO3. The fraction of sp³-hybridized carbons (Fsp3) is 0.667. The maximum atomic E-state index is 11.0. The average Bonchev–Trinajstić information content (AvgIpc) is 1.62. The quantitative estimate of drug-likeness (QED) is 0.358. The number of alkyl halides is 3. The normalized spacial score (nSPS) is 9.09. The van der Waals surface area contributed by atoms with Gasteiger partial charge in [-0.1, -0.05) is 0 Å². The third-order valence-electron chi connectivity index (χ3n) is 0.431. The summed E-state index contributed by atoms with van der Waals surface area (Å²) in [4.78, 5) is 11.8. The van der Waals surface area contributed by atoms with E-state index in [1.54, 1.807) is 0 Å². The summed E-state index contributed by atoms with van der Waals surface area (Å²) in [6.45, 7) is 0. The van der Waals surface area contributed by atoms with E-state index < -0.39 is 18.6 Å². The van der Waals surface area contributed by atoms with Crippen LogP contribution in [0.15, 0.2) is 0 Å². The fourth-order valence-corrected chi connectivity index (χ4v) is 0.191. The van der Waals surface area contributed by atoms with Gasteiger partial charge in [0.25, 0.3) is 0 Å². The van der Waals surface area contributed by atoms with E-state index in [0.717, 1.165) is 0 Å². The number of rotatable bonds is 1. The number of carbonyl (C=O) groups excluding carboxylic acids is 1. The largest absolute Gasteiger partial charge is 1.00 e. The van der Waals surface area contributed by atoms with Gasteiger partial charge in [0.1, 0.15) is 6.42 Å². The molecule has 62 valence electrons. The number of halogens is 4. The summed E-state index contributed by atoms with van der Waals surface area (Å²) in [7, 11) is 0. The molecule has 0 unspecified atom stereocenters. The maximum absolute atomic E-state index is 11.0. The zero-order valence-electron chi connectivity index (χ0n) is 5.48. The second-order valence-electron chi connectivity index (χ2n) is 1.24. The summed E-state index contributed by atoms with van der Waals surface area (Å²) < 4.78 is 43.6. The predicted molar refractivity (Wildman–Crippen MR) is 19.8 cm³/mol. The summed E-state index contributed by atoms with van der Waals surface area (Å²) >= 11 is 0. The Morgan fingerprint density at radius 3 is 1.82 bits per heavy atom. The van der Waals surface area contributed by atoms with Crippen LogP contribution < -0.4 is 29.6 Å². The first-order valence-electron chi connectivity index (χ1n) is 1.84. The van der Waals surface area contributed by atoms with Crippen LogP contribution in [0.1, 0.15) is 6.42 Å². The van der Waals surface area contributed by atoms with Gasteiger partial charge in [-0.15, -0.1) is 0 Å². The molecular weight excluding hydrogens is 183 g/mol. The molecule has 0 bridgehead atoms. The van der Waals surface area contributed by atoms with Gasteiger partial charge in [0.15, 0.2) is 0 Å². The van der Waals surface area contributed by atoms with E-state index in [9.17, 15) is 22.5 Å². The second kappa shape index (κ2) is 6.84. The Kier molecular flexibility index (Phi) is 10.7. The molecule has 0 saturated carbocycles. The first-order valence-corrected chi connectivity index (χ1v) is 1.84. The summed E-state index contributed by atoms with van der Waals surface area (Å²) in [5, 5.41) is 0. The summed E-state index contributed by atoms with van der Waals surface area (Å²) in [6.07, 6.45) is -6.58. The van der Waals surface area contributed by atoms with Crippen LogP contribution in [0.25, 0.3) is 0 Å². The SMILES string of the molecule is O=C(CC(F)(F)F)OF.[Na+].[OH-]. The minimum atomic E-state index is -4.69. The van der Waals surface area contributed by atoms with Crippen molar-refractivity contribution in [3.8, 4) is 0 Å². The standard InChI is InChI=1S/C3H2F4O2.Na.H2O/c4-3(5,6)1-2(8)9-7;;/h1H2;;1H2/q;+1;/p-1. The van der Waals surface area contributed by atoms with Crippen LogP contribution >= 0.6 is 0 Å². The van der Waals surface area contributed by atoms with E-state index in [1.165, 1.54) is 0 Å². The topological polar surface area (TPSA) is 56.3 Å². The first-order chi connectivity index (χ1) is 3.95. The minimum absolute atomic E-state index is 0. The van der Waals surface area contributed by atoms with Gasteiger partial charge in [0.05, 0.1) is 0 Å². The molecule has 0 aromatic heterocycles. The van der Waals surface area contributed by atoms with Crippen molar-refractivity contribution >= 4 is 5.97 Å². The molecule has 0 aromatic rings. The van der Waals surface area contributed by atoms with E-state index in [0.29, 0.717) is 0 Å². The van der Waals surface area contributed by atoms with E-state index in [-0.39, 0.29) is 35.0 Å². The van der Waals surface area contributed by atoms with E-state index in [4.69, 9.17) is 0 Å². The van der Waals surface area contributed by atoms with Crippen molar-refractivity contribution in [2.45, 2.75) is 12.6 Å². The van der Waals surface area contributed by atoms with Gasteiger partial charge in [-0.2, -0.15) is 13.2 Å². The molecule has 0 spiro atoms. The van der Waals surface area contributed by atoms with Crippen LogP contribution in [0.2, 0.25) is 0 Å². The van der Waals surface area contributed by atoms with Crippen molar-refractivity contribution in [3.05, 3.63) is 0 Å². The number of carbonyl (C=O) groups is 1. The molecule has 0 rings (SSSR count). The van der Waals surface area contributed by atoms with Gasteiger partial charge in [-0.05, 0) is 0 Å². The van der Waals surface area contributed by atoms with E-state index in [2.05, 4.69) is 4.94 Å². The predicted octanol–water partition coefficient (Wildman–Crippen LogP) is -1.81. The molecule has 8 heteroatoms. The monoisotopic (exact) mass is 186 g/mol. The molecule has 11 heavy (non-hydrogen) atoms. The summed E-state index contributed by atoms with van der Waals surface area (Å²) in [5.41, 5.74) is 0. The fourth-order valence-electron chi connectivity index (χ4n) is 0.191. The molecule has 0 saturated heterocycles. The number of hydrogen-bond donors (Lipinski definition) is 0. The molecule has 0 amide bonds. The maximum Gasteiger partial charge on any atom is 1.00 e. The molecule has 1 N–H and O–H groups in total. The molecule has 0 aliphatic carbocycles. The van der Waals surface area contributed by atoms with Crippen LogP contribution in [0.3, 0.4) is 0 Å². The van der Waals surface area contributed by atoms with Crippen LogP contribution in [0.4, 0.5) is 17.7 Å². The van der Waals surface area contributed by atoms with Gasteiger partial charge in [-0.3, -0.25) is 4.94 Å². The summed E-state index contributed by atoms with van der Waals surface area (Å²) in [6, 6.07) is 0. The van der Waals surface area contributed by atoms with Crippen molar-refractivity contribution in [1.29, 1.82) is 0 Å². The Balaban J connectivity index is -0.000000320. The van der Waals surface area contributed by atoms with Crippen LogP contribution in [-0.4, -0.2) is 17.6 Å². The third-order valence-corrected chi connectivity index (χ3v) is 0.431. The van der Waals surface area contributed by atoms with Crippen LogP contribution in [0.5, 0.6) is 0 Å². The molecule has 0 aromatic carbocycles. The zero-order valence-corrected chi connectivity index (χ0v) is 7.48. The Bertz CT molecular complexity index is 114. The van der Waals surface area contributed by atoms with Gasteiger partial charge in [0.2, 0.25) is 0 Å². The third kappa shape index (κ3) is 13.2. The molecule has 3 nitrogen and oxygen atoms in total. The Morgan fingerprint density at radius 1 is 1.36 bits per heavy atom. The van der Waals surface area contributed by atoms with Gasteiger partial charge in [-0.25, -0.2) is 4.79 Å². The smallest absolute Gasteiger partial charge is 0.870 e. The van der Waals surface area contributed by atoms with Gasteiger partial charge >= 0.3 is 41.7 Å². The number of hydrogen-bond acceptors (Lipinski definition) is 3. The van der Waals surface area contributed by atoms with Crippen molar-refractivity contribution in [3.63, 3.8) is 0 Å². The Hall–Kier alpha value is 0.150. The van der Waals surface area contributed by atoms with Crippen LogP contribution in [-0.2, 0) is 9.74 Å². The van der Waals surface area contributed by atoms with Crippen LogP contribution in [0, 0.1) is 0 Å². The van der Waals surface area contributed by atoms with Crippen molar-refractivity contribution < 1.29 is 62.5 Å². The average molecular weight is 186 g/mol. The molecule has 0 fully saturated rings. The minimum Gasteiger partial charge on any atom is -0.870 e. The molecule has 0 aliphatic rings.